The Balaban J connectivity index is 2.13. The summed E-state index contributed by atoms with van der Waals surface area (Å²) >= 11 is 0. The Kier molecular flexibility index (Phi) is 4.01. The predicted octanol–water partition coefficient (Wildman–Crippen LogP) is 1.97. The monoisotopic (exact) mass is 264 g/mol. The van der Waals surface area contributed by atoms with Gasteiger partial charge in [-0.3, -0.25) is 20.9 Å². The minimum Gasteiger partial charge on any atom is -0.318 e. The van der Waals surface area contributed by atoms with Gasteiger partial charge in [0, 0.05) is 25.7 Å². The van der Waals surface area contributed by atoms with Gasteiger partial charge in [-0.1, -0.05) is 19.9 Å². The van der Waals surface area contributed by atoms with E-state index in [2.05, 4.69) is 24.2 Å². The maximum atomic E-state index is 11.0. The summed E-state index contributed by atoms with van der Waals surface area (Å²) in [6.45, 7) is 7.33. The van der Waals surface area contributed by atoms with Gasteiger partial charge in [0.2, 0.25) is 0 Å². The van der Waals surface area contributed by atoms with Crippen molar-refractivity contribution in [1.29, 1.82) is 0 Å². The maximum Gasteiger partial charge on any atom is 0.293 e. The van der Waals surface area contributed by atoms with Gasteiger partial charge < -0.3 is 5.43 Å². The molecule has 0 aromatic heterocycles. The van der Waals surface area contributed by atoms with Crippen LogP contribution in [0.1, 0.15) is 19.4 Å². The Bertz CT molecular complexity index is 468. The molecule has 0 amide bonds. The van der Waals surface area contributed by atoms with Crippen LogP contribution in [-0.2, 0) is 6.54 Å². The first-order valence-electron chi connectivity index (χ1n) is 6.47. The van der Waals surface area contributed by atoms with Crippen LogP contribution in [0, 0.1) is 22.0 Å². The van der Waals surface area contributed by atoms with Crippen molar-refractivity contribution in [3.63, 3.8) is 0 Å². The Morgan fingerprint density at radius 2 is 2.05 bits per heavy atom. The minimum atomic E-state index is -0.409. The lowest BCUT2D eigenvalue weighted by atomic mass is 10.0. The first-order chi connectivity index (χ1) is 9.01. The molecular formula is C13H20N4O2. The van der Waals surface area contributed by atoms with Gasteiger partial charge in [-0.25, -0.2) is 0 Å². The quantitative estimate of drug-likeness (QED) is 0.493. The first kappa shape index (κ1) is 13.8. The summed E-state index contributed by atoms with van der Waals surface area (Å²) in [6.07, 6.45) is 0. The molecule has 1 saturated heterocycles. The third-order valence-corrected chi connectivity index (χ3v) is 3.88. The molecule has 0 bridgehead atoms. The Labute approximate surface area is 112 Å². The number of nitrogens with two attached hydrogens (primary N) is 1. The molecular weight excluding hydrogens is 244 g/mol. The topological polar surface area (TPSA) is 84.4 Å². The number of likely N-dealkylation sites (tertiary alicyclic amines) is 1. The number of rotatable bonds is 4. The molecule has 1 fully saturated rings. The fourth-order valence-electron chi connectivity index (χ4n) is 2.58. The van der Waals surface area contributed by atoms with Gasteiger partial charge in [-0.2, -0.15) is 0 Å². The molecule has 6 nitrogen and oxygen atoms in total. The van der Waals surface area contributed by atoms with Crippen LogP contribution in [0.2, 0.25) is 0 Å². The first-order valence-corrected chi connectivity index (χ1v) is 6.47. The van der Waals surface area contributed by atoms with E-state index in [0.29, 0.717) is 17.5 Å². The van der Waals surface area contributed by atoms with Crippen molar-refractivity contribution >= 4 is 11.4 Å². The van der Waals surface area contributed by atoms with Crippen LogP contribution in [0.3, 0.4) is 0 Å². The number of nitrogens with one attached hydrogen (secondary N) is 1. The molecule has 0 spiro atoms. The summed E-state index contributed by atoms with van der Waals surface area (Å²) < 4.78 is 0. The van der Waals surface area contributed by atoms with Gasteiger partial charge in [0.1, 0.15) is 5.69 Å². The molecule has 1 aromatic carbocycles. The molecule has 2 unspecified atom stereocenters. The van der Waals surface area contributed by atoms with Gasteiger partial charge in [-0.05, 0) is 23.5 Å². The molecule has 1 aliphatic rings. The van der Waals surface area contributed by atoms with Gasteiger partial charge in [0.05, 0.1) is 4.92 Å². The summed E-state index contributed by atoms with van der Waals surface area (Å²) in [5.74, 6) is 6.63. The lowest BCUT2D eigenvalue weighted by Gasteiger charge is -2.15. The van der Waals surface area contributed by atoms with Crippen molar-refractivity contribution < 1.29 is 4.92 Å². The van der Waals surface area contributed by atoms with E-state index in [1.165, 1.54) is 0 Å². The lowest BCUT2D eigenvalue weighted by molar-refractivity contribution is -0.384. The molecule has 1 aliphatic heterocycles. The van der Waals surface area contributed by atoms with Gasteiger partial charge >= 0.3 is 0 Å². The molecule has 104 valence electrons. The van der Waals surface area contributed by atoms with E-state index in [1.807, 2.05) is 6.07 Å². The van der Waals surface area contributed by atoms with Crippen molar-refractivity contribution in [2.75, 3.05) is 18.5 Å². The molecule has 6 heteroatoms. The number of benzene rings is 1. The van der Waals surface area contributed by atoms with Crippen LogP contribution >= 0.6 is 0 Å². The summed E-state index contributed by atoms with van der Waals surface area (Å²) in [5, 5.41) is 11.0. The van der Waals surface area contributed by atoms with E-state index < -0.39 is 4.92 Å². The highest BCUT2D eigenvalue weighted by molar-refractivity contribution is 5.61. The number of hydrogen-bond acceptors (Lipinski definition) is 5. The second-order valence-electron chi connectivity index (χ2n) is 5.40. The smallest absolute Gasteiger partial charge is 0.293 e. The summed E-state index contributed by atoms with van der Waals surface area (Å²) in [4.78, 5) is 12.9. The average Bonchev–Trinajstić information content (AvgIpc) is 2.68. The Hall–Kier alpha value is -1.66. The van der Waals surface area contributed by atoms with E-state index in [-0.39, 0.29) is 5.69 Å². The highest BCUT2D eigenvalue weighted by atomic mass is 16.6. The van der Waals surface area contributed by atoms with Crippen LogP contribution in [0.5, 0.6) is 0 Å². The van der Waals surface area contributed by atoms with Crippen molar-refractivity contribution in [3.05, 3.63) is 33.9 Å². The third kappa shape index (κ3) is 3.02. The molecule has 1 heterocycles. The summed E-state index contributed by atoms with van der Waals surface area (Å²) in [6, 6.07) is 5.15. The molecule has 0 radical (unpaired) electrons. The second kappa shape index (κ2) is 5.54. The van der Waals surface area contributed by atoms with Crippen LogP contribution in [0.4, 0.5) is 11.4 Å². The summed E-state index contributed by atoms with van der Waals surface area (Å²) in [7, 11) is 0. The van der Waals surface area contributed by atoms with E-state index >= 15 is 0 Å². The number of hydrogen-bond donors (Lipinski definition) is 2. The second-order valence-corrected chi connectivity index (χ2v) is 5.40. The lowest BCUT2D eigenvalue weighted by Crippen LogP contribution is -2.20. The molecule has 1 aromatic rings. The normalized spacial score (nSPS) is 23.5. The minimum absolute atomic E-state index is 0.0280. The van der Waals surface area contributed by atoms with Crippen LogP contribution in [0.25, 0.3) is 0 Å². The fraction of sp³-hybridized carbons (Fsp3) is 0.538. The number of nitro benzene ring substituents is 1. The molecule has 2 atom stereocenters. The van der Waals surface area contributed by atoms with Gasteiger partial charge in [-0.15, -0.1) is 0 Å². The largest absolute Gasteiger partial charge is 0.318 e. The fourth-order valence-corrected chi connectivity index (χ4v) is 2.58. The zero-order chi connectivity index (χ0) is 14.0. The van der Waals surface area contributed by atoms with E-state index in [0.717, 1.165) is 25.2 Å². The predicted molar refractivity (Wildman–Crippen MR) is 74.5 cm³/mol. The third-order valence-electron chi connectivity index (χ3n) is 3.88. The van der Waals surface area contributed by atoms with E-state index in [1.54, 1.807) is 12.1 Å². The van der Waals surface area contributed by atoms with Crippen molar-refractivity contribution in [2.24, 2.45) is 17.7 Å². The van der Waals surface area contributed by atoms with Crippen molar-refractivity contribution in [2.45, 2.75) is 20.4 Å². The van der Waals surface area contributed by atoms with Gasteiger partial charge in [0.25, 0.3) is 5.69 Å². The van der Waals surface area contributed by atoms with Crippen LogP contribution in [0.15, 0.2) is 18.2 Å². The highest BCUT2D eigenvalue weighted by Gasteiger charge is 2.26. The Morgan fingerprint density at radius 3 is 2.58 bits per heavy atom. The van der Waals surface area contributed by atoms with Gasteiger partial charge in [0.15, 0.2) is 0 Å². The van der Waals surface area contributed by atoms with Crippen LogP contribution < -0.4 is 11.3 Å². The van der Waals surface area contributed by atoms with Crippen LogP contribution in [-0.4, -0.2) is 22.9 Å². The molecule has 2 rings (SSSR count). The SMILES string of the molecule is CC1CN(Cc2ccc(NN)c([N+](=O)[O-])c2)CC1C. The number of nitro groups is 1. The zero-order valence-electron chi connectivity index (χ0n) is 11.3. The van der Waals surface area contributed by atoms with Crippen molar-refractivity contribution in [3.8, 4) is 0 Å². The molecule has 3 N–H and O–H groups in total. The number of nitrogen functional groups attached to an aromatic ring is 1. The molecule has 0 saturated carbocycles. The molecule has 19 heavy (non-hydrogen) atoms. The number of anilines is 1. The Morgan fingerprint density at radius 1 is 1.42 bits per heavy atom. The highest BCUT2D eigenvalue weighted by Crippen LogP contribution is 2.27. The molecule has 0 aliphatic carbocycles. The average molecular weight is 264 g/mol. The number of hydrazine groups is 1. The van der Waals surface area contributed by atoms with Crippen molar-refractivity contribution in [1.82, 2.24) is 4.90 Å². The van der Waals surface area contributed by atoms with E-state index in [4.69, 9.17) is 5.84 Å². The number of nitrogens with zero attached hydrogens (tertiary/aromatic N) is 2. The zero-order valence-corrected chi connectivity index (χ0v) is 11.3. The summed E-state index contributed by atoms with van der Waals surface area (Å²) in [5.41, 5.74) is 3.68. The standard InChI is InChI=1S/C13H20N4O2/c1-9-6-16(7-10(9)2)8-11-3-4-12(15-14)13(5-11)17(18)19/h3-5,9-10,15H,6-8,14H2,1-2H3. The van der Waals surface area contributed by atoms with E-state index in [9.17, 15) is 10.1 Å². The maximum absolute atomic E-state index is 11.0.